The Hall–Kier alpha value is -0.0800. The molecule has 98 valence electrons. The normalized spacial score (nSPS) is 38.9. The lowest BCUT2D eigenvalue weighted by Gasteiger charge is -2.36. The van der Waals surface area contributed by atoms with Crippen LogP contribution in [0.15, 0.2) is 0 Å². The summed E-state index contributed by atoms with van der Waals surface area (Å²) in [5.74, 6) is 1.84. The number of methoxy groups -OCH3 is 1. The van der Waals surface area contributed by atoms with E-state index in [1.807, 2.05) is 7.11 Å². The van der Waals surface area contributed by atoms with E-state index in [1.54, 1.807) is 0 Å². The van der Waals surface area contributed by atoms with E-state index in [0.717, 1.165) is 24.7 Å². The Morgan fingerprint density at radius 2 is 1.41 bits per heavy atom. The number of ether oxygens (including phenoxy) is 1. The van der Waals surface area contributed by atoms with Crippen LogP contribution < -0.4 is 0 Å². The van der Waals surface area contributed by atoms with Crippen molar-refractivity contribution in [2.75, 3.05) is 7.11 Å². The molecule has 0 spiro atoms. The maximum Gasteiger partial charge on any atom is 0.224 e. The fraction of sp³-hybridized carbons (Fsp3) is 0.929. The second-order valence-corrected chi connectivity index (χ2v) is 6.06. The Morgan fingerprint density at radius 3 is 1.82 bits per heavy atom. The van der Waals surface area contributed by atoms with Crippen molar-refractivity contribution in [3.05, 3.63) is 0 Å². The molecule has 0 heterocycles. The van der Waals surface area contributed by atoms with Crippen LogP contribution in [0.3, 0.4) is 0 Å². The third-order valence-corrected chi connectivity index (χ3v) is 5.12. The van der Waals surface area contributed by atoms with E-state index in [0.29, 0.717) is 6.10 Å². The van der Waals surface area contributed by atoms with E-state index in [-0.39, 0.29) is 11.2 Å². The van der Waals surface area contributed by atoms with Crippen molar-refractivity contribution in [3.63, 3.8) is 0 Å². The Labute approximate surface area is 109 Å². The van der Waals surface area contributed by atoms with Gasteiger partial charge in [-0.1, -0.05) is 0 Å². The highest BCUT2D eigenvalue weighted by Gasteiger charge is 2.32. The molecular formula is C14H23ClO2. The van der Waals surface area contributed by atoms with Gasteiger partial charge in [0.1, 0.15) is 0 Å². The predicted octanol–water partition coefficient (Wildman–Crippen LogP) is 3.76. The van der Waals surface area contributed by atoms with Crippen LogP contribution >= 0.6 is 11.6 Å². The summed E-state index contributed by atoms with van der Waals surface area (Å²) in [6, 6.07) is 0. The topological polar surface area (TPSA) is 26.3 Å². The molecule has 0 aromatic carbocycles. The lowest BCUT2D eigenvalue weighted by molar-refractivity contribution is -0.116. The van der Waals surface area contributed by atoms with E-state index in [9.17, 15) is 4.79 Å². The second-order valence-electron chi connectivity index (χ2n) is 5.69. The number of hydrogen-bond donors (Lipinski definition) is 0. The van der Waals surface area contributed by atoms with Gasteiger partial charge in [-0.15, -0.1) is 0 Å². The van der Waals surface area contributed by atoms with E-state index in [4.69, 9.17) is 16.3 Å². The Morgan fingerprint density at radius 1 is 0.941 bits per heavy atom. The van der Waals surface area contributed by atoms with E-state index in [2.05, 4.69) is 0 Å². The number of halogens is 1. The van der Waals surface area contributed by atoms with Gasteiger partial charge in [-0.25, -0.2) is 0 Å². The van der Waals surface area contributed by atoms with Crippen LogP contribution in [0.2, 0.25) is 0 Å². The molecule has 2 aliphatic carbocycles. The third-order valence-electron chi connectivity index (χ3n) is 4.81. The van der Waals surface area contributed by atoms with Crippen molar-refractivity contribution in [1.82, 2.24) is 0 Å². The summed E-state index contributed by atoms with van der Waals surface area (Å²) >= 11 is 5.57. The SMILES string of the molecule is COC1CCC(C2CCC(C(=O)Cl)CC2)CC1. The number of carbonyl (C=O) groups excluding carboxylic acids is 1. The van der Waals surface area contributed by atoms with Crippen molar-refractivity contribution in [3.8, 4) is 0 Å². The summed E-state index contributed by atoms with van der Waals surface area (Å²) in [6.07, 6.45) is 9.97. The average Bonchev–Trinajstić information content (AvgIpc) is 2.39. The van der Waals surface area contributed by atoms with Gasteiger partial charge < -0.3 is 4.74 Å². The molecule has 0 N–H and O–H groups in total. The molecule has 0 radical (unpaired) electrons. The Balaban J connectivity index is 1.76. The third kappa shape index (κ3) is 3.45. The van der Waals surface area contributed by atoms with Gasteiger partial charge in [-0.2, -0.15) is 0 Å². The van der Waals surface area contributed by atoms with E-state index in [1.165, 1.54) is 38.5 Å². The highest BCUT2D eigenvalue weighted by atomic mass is 35.5. The van der Waals surface area contributed by atoms with Crippen LogP contribution in [0.4, 0.5) is 0 Å². The summed E-state index contributed by atoms with van der Waals surface area (Å²) in [6.45, 7) is 0. The van der Waals surface area contributed by atoms with Crippen LogP contribution in [0.25, 0.3) is 0 Å². The Kier molecular flexibility index (Phi) is 4.87. The zero-order valence-corrected chi connectivity index (χ0v) is 11.4. The van der Waals surface area contributed by atoms with Crippen LogP contribution in [0.5, 0.6) is 0 Å². The molecule has 3 heteroatoms. The molecule has 0 saturated heterocycles. The fourth-order valence-electron chi connectivity index (χ4n) is 3.61. The van der Waals surface area contributed by atoms with Crippen LogP contribution in [0.1, 0.15) is 51.4 Å². The van der Waals surface area contributed by atoms with Gasteiger partial charge in [0.2, 0.25) is 5.24 Å². The van der Waals surface area contributed by atoms with Crippen molar-refractivity contribution in [1.29, 1.82) is 0 Å². The number of carbonyl (C=O) groups is 1. The van der Waals surface area contributed by atoms with E-state index >= 15 is 0 Å². The minimum absolute atomic E-state index is 0.119. The molecule has 0 amide bonds. The highest BCUT2D eigenvalue weighted by molar-refractivity contribution is 6.63. The molecule has 0 unspecified atom stereocenters. The molecule has 2 nitrogen and oxygen atoms in total. The van der Waals surface area contributed by atoms with Gasteiger partial charge in [0.25, 0.3) is 0 Å². The van der Waals surface area contributed by atoms with Gasteiger partial charge >= 0.3 is 0 Å². The summed E-state index contributed by atoms with van der Waals surface area (Å²) in [7, 11) is 1.82. The van der Waals surface area contributed by atoms with Crippen LogP contribution in [0, 0.1) is 17.8 Å². The van der Waals surface area contributed by atoms with Crippen molar-refractivity contribution in [2.45, 2.75) is 57.5 Å². The molecule has 2 rings (SSSR count). The number of rotatable bonds is 3. The van der Waals surface area contributed by atoms with Gasteiger partial charge in [0.05, 0.1) is 6.10 Å². The zero-order chi connectivity index (χ0) is 12.3. The average molecular weight is 259 g/mol. The first-order chi connectivity index (χ1) is 8.20. The first kappa shape index (κ1) is 13.4. The zero-order valence-electron chi connectivity index (χ0n) is 10.7. The molecule has 0 aliphatic heterocycles. The minimum Gasteiger partial charge on any atom is -0.381 e. The smallest absolute Gasteiger partial charge is 0.224 e. The quantitative estimate of drug-likeness (QED) is 0.721. The molecule has 17 heavy (non-hydrogen) atoms. The summed E-state index contributed by atoms with van der Waals surface area (Å²) in [4.78, 5) is 11.1. The standard InChI is InChI=1S/C14H23ClO2/c1-17-13-8-6-11(7-9-13)10-2-4-12(5-3-10)14(15)16/h10-13H,2-9H2,1H3. The van der Waals surface area contributed by atoms with Crippen LogP contribution in [-0.4, -0.2) is 18.5 Å². The maximum absolute atomic E-state index is 11.1. The summed E-state index contributed by atoms with van der Waals surface area (Å²) in [5.41, 5.74) is 0. The van der Waals surface area contributed by atoms with E-state index < -0.39 is 0 Å². The van der Waals surface area contributed by atoms with Gasteiger partial charge in [0, 0.05) is 13.0 Å². The first-order valence-electron chi connectivity index (χ1n) is 6.93. The lowest BCUT2D eigenvalue weighted by Crippen LogP contribution is -2.29. The largest absolute Gasteiger partial charge is 0.381 e. The monoisotopic (exact) mass is 258 g/mol. The second kappa shape index (κ2) is 6.19. The fourth-order valence-corrected chi connectivity index (χ4v) is 3.83. The van der Waals surface area contributed by atoms with Gasteiger partial charge in [-0.05, 0) is 74.8 Å². The molecule has 2 aliphatic rings. The molecule has 0 atom stereocenters. The Bertz CT molecular complexity index is 251. The molecular weight excluding hydrogens is 236 g/mol. The lowest BCUT2D eigenvalue weighted by atomic mass is 9.71. The van der Waals surface area contributed by atoms with Crippen molar-refractivity contribution >= 4 is 16.8 Å². The molecule has 0 aromatic rings. The summed E-state index contributed by atoms with van der Waals surface area (Å²) < 4.78 is 5.41. The molecule has 0 bridgehead atoms. The molecule has 0 aromatic heterocycles. The number of hydrogen-bond acceptors (Lipinski definition) is 2. The molecule has 2 fully saturated rings. The van der Waals surface area contributed by atoms with Gasteiger partial charge in [0.15, 0.2) is 0 Å². The van der Waals surface area contributed by atoms with Crippen molar-refractivity contribution < 1.29 is 9.53 Å². The predicted molar refractivity (Wildman–Crippen MR) is 69.1 cm³/mol. The first-order valence-corrected chi connectivity index (χ1v) is 7.30. The highest BCUT2D eigenvalue weighted by Crippen LogP contribution is 2.40. The van der Waals surface area contributed by atoms with Gasteiger partial charge in [-0.3, -0.25) is 4.79 Å². The van der Waals surface area contributed by atoms with Crippen LogP contribution in [-0.2, 0) is 9.53 Å². The minimum atomic E-state index is -0.119. The molecule has 2 saturated carbocycles. The summed E-state index contributed by atoms with van der Waals surface area (Å²) in [5, 5.41) is -0.119. The maximum atomic E-state index is 11.1. The van der Waals surface area contributed by atoms with Crippen molar-refractivity contribution in [2.24, 2.45) is 17.8 Å².